The first-order valence-electron chi connectivity index (χ1n) is 9.35. The molecule has 1 unspecified atom stereocenters. The molecule has 4 N–H and O–H groups in total. The van der Waals surface area contributed by atoms with Gasteiger partial charge < -0.3 is 16.2 Å². The van der Waals surface area contributed by atoms with E-state index in [0.29, 0.717) is 21.9 Å². The van der Waals surface area contributed by atoms with E-state index in [0.717, 1.165) is 16.6 Å². The Hall–Kier alpha value is -2.19. The van der Waals surface area contributed by atoms with Gasteiger partial charge in [-0.1, -0.05) is 11.8 Å². The maximum atomic E-state index is 12.7. The first kappa shape index (κ1) is 23.0. The Morgan fingerprint density at radius 3 is 2.84 bits per heavy atom. The minimum Gasteiger partial charge on any atom is -0.477 e. The smallest absolute Gasteiger partial charge is 0.352 e. The second kappa shape index (κ2) is 9.35. The van der Waals surface area contributed by atoms with Gasteiger partial charge in [-0.05, 0) is 34.9 Å². The molecule has 168 valence electrons. The highest BCUT2D eigenvalue weighted by molar-refractivity contribution is 8.14. The van der Waals surface area contributed by atoms with Crippen LogP contribution < -0.4 is 11.1 Å². The number of nitrogens with two attached hydrogens (primary N) is 1. The molecular weight excluding hydrogens is 493 g/mol. The van der Waals surface area contributed by atoms with Crippen LogP contribution in [0.15, 0.2) is 34.3 Å². The van der Waals surface area contributed by atoms with Crippen molar-refractivity contribution in [3.8, 4) is 0 Å². The standard InChI is InChI=1S/C19H18N4O5S4/c1-8-4-21-15(32-8)19(28)31-7-10-6-30-17-12(16(25)23(17)13(10)18(26)27)22-14(24)11(20)9-2-3-29-5-9/h2-5,11-12,17H,6-7,20H2,1H3,(H,22,24)(H,26,27)/t11-,12?,17-/m1/s1. The number of thiazole rings is 1. The fourth-order valence-electron chi connectivity index (χ4n) is 3.30. The lowest BCUT2D eigenvalue weighted by Crippen LogP contribution is -2.71. The second-order valence-corrected chi connectivity index (χ2v) is 11.1. The number of rotatable bonds is 7. The van der Waals surface area contributed by atoms with Crippen LogP contribution in [0.25, 0.3) is 0 Å². The molecule has 4 heterocycles. The molecule has 4 rings (SSSR count). The number of carbonyl (C=O) groups is 4. The number of aliphatic carboxylic acids is 1. The van der Waals surface area contributed by atoms with E-state index < -0.39 is 35.2 Å². The molecule has 32 heavy (non-hydrogen) atoms. The third-order valence-electron chi connectivity index (χ3n) is 4.91. The van der Waals surface area contributed by atoms with Gasteiger partial charge in [0.25, 0.3) is 5.91 Å². The highest BCUT2D eigenvalue weighted by atomic mass is 32.2. The average Bonchev–Trinajstić information content (AvgIpc) is 3.46. The number of amides is 2. The molecule has 0 aromatic carbocycles. The predicted octanol–water partition coefficient (Wildman–Crippen LogP) is 1.83. The van der Waals surface area contributed by atoms with Crippen molar-refractivity contribution in [3.63, 3.8) is 0 Å². The van der Waals surface area contributed by atoms with Crippen LogP contribution in [0.4, 0.5) is 0 Å². The molecule has 2 aliphatic heterocycles. The van der Waals surface area contributed by atoms with E-state index in [1.807, 2.05) is 6.92 Å². The molecular formula is C19H18N4O5S4. The van der Waals surface area contributed by atoms with Crippen LogP contribution in [-0.4, -0.2) is 60.8 Å². The van der Waals surface area contributed by atoms with Crippen molar-refractivity contribution in [3.05, 3.63) is 49.7 Å². The number of carboxylic acid groups (broad SMARTS) is 1. The van der Waals surface area contributed by atoms with Gasteiger partial charge in [0.15, 0.2) is 5.01 Å². The molecule has 2 aromatic heterocycles. The first-order valence-corrected chi connectivity index (χ1v) is 13.1. The first-order chi connectivity index (χ1) is 15.3. The Bertz CT molecular complexity index is 1110. The Balaban J connectivity index is 1.44. The zero-order valence-corrected chi connectivity index (χ0v) is 19.9. The Morgan fingerprint density at radius 1 is 1.44 bits per heavy atom. The summed E-state index contributed by atoms with van der Waals surface area (Å²) >= 11 is 5.00. The third kappa shape index (κ3) is 4.35. The van der Waals surface area contributed by atoms with E-state index in [-0.39, 0.29) is 16.6 Å². The minimum absolute atomic E-state index is 0.123. The largest absolute Gasteiger partial charge is 0.477 e. The van der Waals surface area contributed by atoms with Crippen molar-refractivity contribution in [1.29, 1.82) is 0 Å². The molecule has 2 aromatic rings. The topological polar surface area (TPSA) is 143 Å². The molecule has 0 saturated carbocycles. The van der Waals surface area contributed by atoms with Crippen LogP contribution in [0.1, 0.15) is 26.3 Å². The highest BCUT2D eigenvalue weighted by Gasteiger charge is 2.54. The number of hydrogen-bond donors (Lipinski definition) is 3. The molecule has 0 bridgehead atoms. The van der Waals surface area contributed by atoms with Crippen molar-refractivity contribution in [2.75, 3.05) is 11.5 Å². The van der Waals surface area contributed by atoms with Gasteiger partial charge in [-0.2, -0.15) is 11.3 Å². The SMILES string of the molecule is Cc1cnc(C(=O)SCC2=C(C(=O)O)N3C(=O)C(NC(=O)[C@H](N)c4ccsc4)[C@H]3SC2)s1. The molecule has 3 atom stereocenters. The molecule has 0 aliphatic carbocycles. The fraction of sp³-hybridized carbons (Fsp3) is 0.316. The Kier molecular flexibility index (Phi) is 6.72. The maximum absolute atomic E-state index is 12.7. The third-order valence-corrected chi connectivity index (χ3v) is 8.94. The number of thiophene rings is 1. The van der Waals surface area contributed by atoms with Gasteiger partial charge in [0, 0.05) is 22.6 Å². The Labute approximate surface area is 199 Å². The van der Waals surface area contributed by atoms with Crippen LogP contribution in [0.5, 0.6) is 0 Å². The summed E-state index contributed by atoms with van der Waals surface area (Å²) in [5, 5.41) is 15.5. The lowest BCUT2D eigenvalue weighted by atomic mass is 10.0. The van der Waals surface area contributed by atoms with Crippen molar-refractivity contribution >= 4 is 69.1 Å². The summed E-state index contributed by atoms with van der Waals surface area (Å²) in [4.78, 5) is 55.6. The van der Waals surface area contributed by atoms with Gasteiger partial charge in [0.2, 0.25) is 11.0 Å². The van der Waals surface area contributed by atoms with Crippen LogP contribution in [-0.2, 0) is 14.4 Å². The van der Waals surface area contributed by atoms with Crippen LogP contribution >= 0.6 is 46.2 Å². The van der Waals surface area contributed by atoms with Gasteiger partial charge in [-0.25, -0.2) is 9.78 Å². The number of thioether (sulfide) groups is 2. The maximum Gasteiger partial charge on any atom is 0.352 e. The molecule has 1 saturated heterocycles. The summed E-state index contributed by atoms with van der Waals surface area (Å²) in [7, 11) is 0. The van der Waals surface area contributed by atoms with Gasteiger partial charge in [-0.3, -0.25) is 19.3 Å². The van der Waals surface area contributed by atoms with Crippen LogP contribution in [0.2, 0.25) is 0 Å². The molecule has 1 fully saturated rings. The summed E-state index contributed by atoms with van der Waals surface area (Å²) in [6, 6.07) is -0.0118. The fourth-order valence-corrected chi connectivity index (χ4v) is 7.10. The lowest BCUT2D eigenvalue weighted by molar-refractivity contribution is -0.150. The van der Waals surface area contributed by atoms with Gasteiger partial charge in [0.05, 0.1) is 0 Å². The van der Waals surface area contributed by atoms with E-state index in [1.165, 1.54) is 39.3 Å². The second-order valence-electron chi connectivity index (χ2n) is 7.04. The molecule has 0 radical (unpaired) electrons. The van der Waals surface area contributed by atoms with Crippen molar-refractivity contribution in [2.24, 2.45) is 5.73 Å². The predicted molar refractivity (Wildman–Crippen MR) is 125 cm³/mol. The van der Waals surface area contributed by atoms with E-state index >= 15 is 0 Å². The molecule has 2 amide bonds. The number of aromatic nitrogens is 1. The summed E-state index contributed by atoms with van der Waals surface area (Å²) in [5.41, 5.74) is 6.97. The average molecular weight is 511 g/mol. The monoisotopic (exact) mass is 510 g/mol. The quantitative estimate of drug-likeness (QED) is 0.475. The zero-order chi connectivity index (χ0) is 23.0. The normalized spacial score (nSPS) is 21.1. The minimum atomic E-state index is -1.24. The van der Waals surface area contributed by atoms with Crippen LogP contribution in [0, 0.1) is 6.92 Å². The number of β-lactam (4-membered cyclic amide) rings is 1. The van der Waals surface area contributed by atoms with Gasteiger partial charge in [0.1, 0.15) is 23.2 Å². The summed E-state index contributed by atoms with van der Waals surface area (Å²) in [6.07, 6.45) is 1.61. The summed E-state index contributed by atoms with van der Waals surface area (Å²) in [5.74, 6) is -1.77. The van der Waals surface area contributed by atoms with Crippen molar-refractivity contribution in [2.45, 2.75) is 24.4 Å². The number of nitrogens with zero attached hydrogens (tertiary/aromatic N) is 2. The number of aryl methyl sites for hydroxylation is 1. The number of carbonyl (C=O) groups excluding carboxylic acids is 3. The van der Waals surface area contributed by atoms with Gasteiger partial charge >= 0.3 is 5.97 Å². The Morgan fingerprint density at radius 2 is 2.22 bits per heavy atom. The summed E-state index contributed by atoms with van der Waals surface area (Å²) in [6.45, 7) is 1.85. The van der Waals surface area contributed by atoms with E-state index in [4.69, 9.17) is 5.73 Å². The van der Waals surface area contributed by atoms with Crippen LogP contribution in [0.3, 0.4) is 0 Å². The number of carboxylic acids is 1. The number of hydrogen-bond acceptors (Lipinski definition) is 10. The molecule has 13 heteroatoms. The zero-order valence-electron chi connectivity index (χ0n) is 16.6. The van der Waals surface area contributed by atoms with E-state index in [1.54, 1.807) is 23.0 Å². The summed E-state index contributed by atoms with van der Waals surface area (Å²) < 4.78 is 0. The molecule has 0 spiro atoms. The number of nitrogens with one attached hydrogen (secondary N) is 1. The van der Waals surface area contributed by atoms with E-state index in [2.05, 4.69) is 10.3 Å². The van der Waals surface area contributed by atoms with Gasteiger partial charge in [-0.15, -0.1) is 23.1 Å². The van der Waals surface area contributed by atoms with E-state index in [9.17, 15) is 24.3 Å². The molecule has 2 aliphatic rings. The van der Waals surface area contributed by atoms with Crippen molar-refractivity contribution in [1.82, 2.24) is 15.2 Å². The lowest BCUT2D eigenvalue weighted by Gasteiger charge is -2.49. The molecule has 9 nitrogen and oxygen atoms in total. The highest BCUT2D eigenvalue weighted by Crippen LogP contribution is 2.41. The van der Waals surface area contributed by atoms with Crippen molar-refractivity contribution < 1.29 is 24.3 Å². The number of fused-ring (bicyclic) bond motifs is 1.